The highest BCUT2D eigenvalue weighted by molar-refractivity contribution is 5.79. The second-order valence-electron chi connectivity index (χ2n) is 7.39. The lowest BCUT2D eigenvalue weighted by Gasteiger charge is -2.31. The summed E-state index contributed by atoms with van der Waals surface area (Å²) < 4.78 is 0. The van der Waals surface area contributed by atoms with Crippen LogP contribution in [0.3, 0.4) is 0 Å². The van der Waals surface area contributed by atoms with Crippen LogP contribution >= 0.6 is 0 Å². The molecule has 19 heavy (non-hydrogen) atoms. The number of likely N-dealkylation sites (tertiary alicyclic amines) is 1. The molecule has 1 heterocycles. The van der Waals surface area contributed by atoms with Crippen LogP contribution in [0.1, 0.15) is 53.9 Å². The summed E-state index contributed by atoms with van der Waals surface area (Å²) in [4.78, 5) is 25.0. The van der Waals surface area contributed by atoms with Crippen molar-refractivity contribution >= 4 is 11.9 Å². The van der Waals surface area contributed by atoms with Crippen molar-refractivity contribution in [3.63, 3.8) is 0 Å². The molecule has 0 aliphatic carbocycles. The largest absolute Gasteiger partial charge is 0.481 e. The minimum absolute atomic E-state index is 0.0982. The molecule has 0 saturated carbocycles. The van der Waals surface area contributed by atoms with Crippen molar-refractivity contribution in [2.24, 2.45) is 16.7 Å². The number of carboxylic acids is 1. The van der Waals surface area contributed by atoms with Gasteiger partial charge in [0, 0.05) is 19.5 Å². The number of hydrogen-bond donors (Lipinski definition) is 1. The van der Waals surface area contributed by atoms with E-state index in [0.717, 1.165) is 12.8 Å². The zero-order chi connectivity index (χ0) is 14.8. The fourth-order valence-electron chi connectivity index (χ4n) is 2.61. The maximum Gasteiger partial charge on any atom is 0.310 e. The van der Waals surface area contributed by atoms with Crippen molar-refractivity contribution in [1.29, 1.82) is 0 Å². The normalized spacial score (nSPS) is 22.3. The van der Waals surface area contributed by atoms with Crippen molar-refractivity contribution in [3.05, 3.63) is 0 Å². The molecule has 0 aromatic heterocycles. The van der Waals surface area contributed by atoms with Crippen molar-refractivity contribution in [2.45, 2.75) is 53.9 Å². The minimum atomic E-state index is -0.878. The van der Waals surface area contributed by atoms with E-state index in [1.165, 1.54) is 0 Å². The van der Waals surface area contributed by atoms with Crippen LogP contribution in [0.5, 0.6) is 0 Å². The van der Waals surface area contributed by atoms with E-state index in [4.69, 9.17) is 0 Å². The van der Waals surface area contributed by atoms with Gasteiger partial charge in [0.25, 0.3) is 0 Å². The first-order chi connectivity index (χ1) is 8.54. The second kappa shape index (κ2) is 5.51. The van der Waals surface area contributed by atoms with E-state index in [-0.39, 0.29) is 11.3 Å². The highest BCUT2D eigenvalue weighted by Crippen LogP contribution is 2.35. The number of rotatable bonds is 3. The fourth-order valence-corrected chi connectivity index (χ4v) is 2.61. The van der Waals surface area contributed by atoms with Gasteiger partial charge in [-0.05, 0) is 38.0 Å². The van der Waals surface area contributed by atoms with Crippen molar-refractivity contribution in [2.75, 3.05) is 13.1 Å². The summed E-state index contributed by atoms with van der Waals surface area (Å²) in [6.45, 7) is 11.0. The third-order valence-electron chi connectivity index (χ3n) is 4.20. The maximum atomic E-state index is 12.1. The third-order valence-corrected chi connectivity index (χ3v) is 4.20. The first-order valence-corrected chi connectivity index (χ1v) is 7.05. The first kappa shape index (κ1) is 16.0. The summed E-state index contributed by atoms with van der Waals surface area (Å²) in [5, 5.41) is 9.17. The van der Waals surface area contributed by atoms with Gasteiger partial charge < -0.3 is 10.0 Å². The van der Waals surface area contributed by atoms with Gasteiger partial charge in [0.05, 0.1) is 5.41 Å². The molecule has 1 fully saturated rings. The minimum Gasteiger partial charge on any atom is -0.481 e. The van der Waals surface area contributed by atoms with E-state index in [1.54, 1.807) is 18.7 Å². The predicted octanol–water partition coefficient (Wildman–Crippen LogP) is 2.77. The average Bonchev–Trinajstić information content (AvgIpc) is 2.40. The van der Waals surface area contributed by atoms with Crippen LogP contribution in [-0.2, 0) is 9.59 Å². The summed E-state index contributed by atoms with van der Waals surface area (Å²) >= 11 is 0. The number of carbonyl (C=O) groups is 2. The Morgan fingerprint density at radius 3 is 2.32 bits per heavy atom. The van der Waals surface area contributed by atoms with Gasteiger partial charge in [0.2, 0.25) is 5.91 Å². The molecule has 4 nitrogen and oxygen atoms in total. The van der Waals surface area contributed by atoms with E-state index in [9.17, 15) is 14.7 Å². The number of nitrogens with zero attached hydrogens (tertiary/aromatic N) is 1. The Bertz CT molecular complexity index is 355. The Hall–Kier alpha value is -1.06. The highest BCUT2D eigenvalue weighted by atomic mass is 16.4. The van der Waals surface area contributed by atoms with Crippen molar-refractivity contribution in [3.8, 4) is 0 Å². The summed E-state index contributed by atoms with van der Waals surface area (Å²) in [7, 11) is 0. The summed E-state index contributed by atoms with van der Waals surface area (Å²) in [5.74, 6) is -0.229. The fraction of sp³-hybridized carbons (Fsp3) is 0.867. The van der Waals surface area contributed by atoms with E-state index < -0.39 is 11.4 Å². The quantitative estimate of drug-likeness (QED) is 0.857. The molecule has 1 aliphatic heterocycles. The van der Waals surface area contributed by atoms with Gasteiger partial charge in [0.15, 0.2) is 0 Å². The van der Waals surface area contributed by atoms with E-state index in [1.807, 2.05) is 0 Å². The Kier molecular flexibility index (Phi) is 4.64. The van der Waals surface area contributed by atoms with Crippen molar-refractivity contribution in [1.82, 2.24) is 4.90 Å². The van der Waals surface area contributed by atoms with Crippen LogP contribution < -0.4 is 0 Å². The van der Waals surface area contributed by atoms with Crippen LogP contribution in [-0.4, -0.2) is 35.0 Å². The van der Waals surface area contributed by atoms with Gasteiger partial charge in [-0.2, -0.15) is 0 Å². The maximum absolute atomic E-state index is 12.1. The molecular weight excluding hydrogens is 242 g/mol. The number of carboxylic acid groups (broad SMARTS) is 1. The number of hydrogen-bond acceptors (Lipinski definition) is 2. The molecule has 0 bridgehead atoms. The second-order valence-corrected chi connectivity index (χ2v) is 7.39. The Morgan fingerprint density at radius 2 is 1.84 bits per heavy atom. The predicted molar refractivity (Wildman–Crippen MR) is 74.8 cm³/mol. The molecule has 0 aromatic rings. The van der Waals surface area contributed by atoms with Crippen LogP contribution in [0.4, 0.5) is 0 Å². The lowest BCUT2D eigenvalue weighted by atomic mass is 9.76. The summed E-state index contributed by atoms with van der Waals surface area (Å²) in [5.41, 5.74) is -0.671. The van der Waals surface area contributed by atoms with Crippen LogP contribution in [0.2, 0.25) is 0 Å². The van der Waals surface area contributed by atoms with Crippen LogP contribution in [0.25, 0.3) is 0 Å². The molecule has 1 saturated heterocycles. The average molecular weight is 269 g/mol. The Balaban J connectivity index is 2.72. The Morgan fingerprint density at radius 1 is 1.26 bits per heavy atom. The van der Waals surface area contributed by atoms with Gasteiger partial charge in [-0.15, -0.1) is 0 Å². The van der Waals surface area contributed by atoms with E-state index >= 15 is 0 Å². The highest BCUT2D eigenvalue weighted by Gasteiger charge is 2.35. The molecule has 110 valence electrons. The zero-order valence-electron chi connectivity index (χ0n) is 12.8. The third kappa shape index (κ3) is 4.22. The first-order valence-electron chi connectivity index (χ1n) is 7.05. The molecule has 1 unspecified atom stereocenters. The van der Waals surface area contributed by atoms with Gasteiger partial charge in [-0.1, -0.05) is 20.8 Å². The zero-order valence-corrected chi connectivity index (χ0v) is 12.8. The molecule has 4 heteroatoms. The SMILES string of the molecule is CC(C)(CN1CCC(C(C)(C)C)CCC1=O)C(=O)O. The van der Waals surface area contributed by atoms with Gasteiger partial charge >= 0.3 is 5.97 Å². The number of aliphatic carboxylic acids is 1. The number of amides is 1. The molecule has 1 rings (SSSR count). The molecule has 1 amide bonds. The smallest absolute Gasteiger partial charge is 0.310 e. The molecule has 0 spiro atoms. The van der Waals surface area contributed by atoms with Crippen LogP contribution in [0.15, 0.2) is 0 Å². The van der Waals surface area contributed by atoms with E-state index in [0.29, 0.717) is 25.4 Å². The Labute approximate surface area is 116 Å². The lowest BCUT2D eigenvalue weighted by molar-refractivity contribution is -0.149. The van der Waals surface area contributed by atoms with Gasteiger partial charge in [-0.25, -0.2) is 0 Å². The summed E-state index contributed by atoms with van der Waals surface area (Å²) in [6.07, 6.45) is 2.41. The standard InChI is InChI=1S/C15H27NO3/c1-14(2,3)11-6-7-12(17)16(9-8-11)10-15(4,5)13(18)19/h11H,6-10H2,1-5H3,(H,18,19). The molecule has 1 atom stereocenters. The van der Waals surface area contributed by atoms with E-state index in [2.05, 4.69) is 20.8 Å². The monoisotopic (exact) mass is 269 g/mol. The van der Waals surface area contributed by atoms with Gasteiger partial charge in [-0.3, -0.25) is 9.59 Å². The molecule has 0 aromatic carbocycles. The van der Waals surface area contributed by atoms with Crippen LogP contribution in [0, 0.1) is 16.7 Å². The lowest BCUT2D eigenvalue weighted by Crippen LogP contribution is -2.42. The molecule has 1 aliphatic rings. The van der Waals surface area contributed by atoms with Gasteiger partial charge in [0.1, 0.15) is 0 Å². The molecule has 0 radical (unpaired) electrons. The molecule has 1 N–H and O–H groups in total. The molecular formula is C15H27NO3. The number of carbonyl (C=O) groups excluding carboxylic acids is 1. The topological polar surface area (TPSA) is 57.6 Å². The van der Waals surface area contributed by atoms with Crippen molar-refractivity contribution < 1.29 is 14.7 Å². The summed E-state index contributed by atoms with van der Waals surface area (Å²) in [6, 6.07) is 0.